The number of benzene rings is 1. The maximum absolute atomic E-state index is 11.0. The summed E-state index contributed by atoms with van der Waals surface area (Å²) in [5.74, 6) is -0.301. The molecule has 1 aliphatic carbocycles. The van der Waals surface area contributed by atoms with Crippen molar-refractivity contribution >= 4 is 16.9 Å². The number of aromatic nitrogens is 1. The van der Waals surface area contributed by atoms with E-state index >= 15 is 0 Å². The molecule has 0 spiro atoms. The molecular weight excluding hydrogens is 214 g/mol. The Kier molecular flexibility index (Phi) is 2.21. The molecule has 88 valence electrons. The van der Waals surface area contributed by atoms with E-state index in [0.29, 0.717) is 11.5 Å². The van der Waals surface area contributed by atoms with Gasteiger partial charge in [-0.2, -0.15) is 0 Å². The van der Waals surface area contributed by atoms with E-state index in [1.54, 1.807) is 12.1 Å². The Balaban J connectivity index is 2.25. The Morgan fingerprint density at radius 1 is 1.47 bits per heavy atom. The Bertz CT molecular complexity index is 598. The summed E-state index contributed by atoms with van der Waals surface area (Å²) in [5.41, 5.74) is 4.06. The van der Waals surface area contributed by atoms with E-state index in [9.17, 15) is 4.79 Å². The van der Waals surface area contributed by atoms with Crippen LogP contribution in [-0.2, 0) is 6.42 Å². The van der Waals surface area contributed by atoms with Crippen LogP contribution in [0.3, 0.4) is 0 Å². The van der Waals surface area contributed by atoms with E-state index in [2.05, 4.69) is 11.9 Å². The third kappa shape index (κ3) is 1.54. The van der Waals surface area contributed by atoms with E-state index in [1.807, 2.05) is 6.07 Å². The largest absolute Gasteiger partial charge is 0.478 e. The van der Waals surface area contributed by atoms with Crippen LogP contribution < -0.4 is 0 Å². The first-order valence-electron chi connectivity index (χ1n) is 6.04. The van der Waals surface area contributed by atoms with Crippen LogP contribution in [0, 0.1) is 0 Å². The number of aromatic carboxylic acids is 1. The van der Waals surface area contributed by atoms with Crippen molar-refractivity contribution in [3.63, 3.8) is 0 Å². The highest BCUT2D eigenvalue weighted by Gasteiger charge is 2.21. The second-order valence-electron chi connectivity index (χ2n) is 4.88. The number of carboxylic acids is 1. The molecular formula is C14H15NO2. The molecule has 0 bridgehead atoms. The Morgan fingerprint density at radius 3 is 3.06 bits per heavy atom. The summed E-state index contributed by atoms with van der Waals surface area (Å²) in [5, 5.41) is 10.1. The van der Waals surface area contributed by atoms with Gasteiger partial charge in [0.1, 0.15) is 0 Å². The van der Waals surface area contributed by atoms with E-state index in [0.717, 1.165) is 17.3 Å². The minimum atomic E-state index is -0.856. The average molecular weight is 229 g/mol. The Morgan fingerprint density at radius 2 is 2.29 bits per heavy atom. The number of hydrogen-bond donors (Lipinski definition) is 2. The molecule has 3 nitrogen and oxygen atoms in total. The van der Waals surface area contributed by atoms with Gasteiger partial charge in [0, 0.05) is 16.6 Å². The van der Waals surface area contributed by atoms with Crippen molar-refractivity contribution in [3.05, 3.63) is 35.0 Å². The number of carboxylic acid groups (broad SMARTS) is 1. The first-order valence-corrected chi connectivity index (χ1v) is 6.04. The Hall–Kier alpha value is -1.77. The molecule has 3 heteroatoms. The zero-order valence-corrected chi connectivity index (χ0v) is 9.79. The molecule has 3 rings (SSSR count). The molecule has 1 heterocycles. The van der Waals surface area contributed by atoms with Crippen molar-refractivity contribution in [2.24, 2.45) is 0 Å². The third-order valence-corrected chi connectivity index (χ3v) is 3.74. The molecule has 2 N–H and O–H groups in total. The van der Waals surface area contributed by atoms with E-state index < -0.39 is 5.97 Å². The molecule has 1 aliphatic rings. The Labute approximate surface area is 99.5 Å². The van der Waals surface area contributed by atoms with Crippen LogP contribution >= 0.6 is 0 Å². The first kappa shape index (κ1) is 10.4. The van der Waals surface area contributed by atoms with Gasteiger partial charge in [-0.15, -0.1) is 0 Å². The lowest BCUT2D eigenvalue weighted by molar-refractivity contribution is 0.0697. The van der Waals surface area contributed by atoms with Crippen LogP contribution in [0.2, 0.25) is 0 Å². The number of fused-ring (bicyclic) bond motifs is 3. The van der Waals surface area contributed by atoms with Crippen molar-refractivity contribution in [2.75, 3.05) is 0 Å². The molecule has 0 aliphatic heterocycles. The predicted molar refractivity (Wildman–Crippen MR) is 66.6 cm³/mol. The fourth-order valence-electron chi connectivity index (χ4n) is 2.82. The molecule has 0 saturated carbocycles. The topological polar surface area (TPSA) is 53.1 Å². The molecule has 0 fully saturated rings. The summed E-state index contributed by atoms with van der Waals surface area (Å²) in [4.78, 5) is 14.4. The van der Waals surface area contributed by atoms with E-state index in [4.69, 9.17) is 5.11 Å². The summed E-state index contributed by atoms with van der Waals surface area (Å²) in [7, 11) is 0. The van der Waals surface area contributed by atoms with Gasteiger partial charge < -0.3 is 10.1 Å². The van der Waals surface area contributed by atoms with Crippen molar-refractivity contribution in [2.45, 2.75) is 32.1 Å². The highest BCUT2D eigenvalue weighted by Crippen LogP contribution is 2.35. The van der Waals surface area contributed by atoms with Crippen LogP contribution in [0.25, 0.3) is 10.9 Å². The predicted octanol–water partition coefficient (Wildman–Crippen LogP) is 3.31. The number of H-pyrrole nitrogens is 1. The van der Waals surface area contributed by atoms with Gasteiger partial charge in [-0.3, -0.25) is 0 Å². The fourth-order valence-corrected chi connectivity index (χ4v) is 2.82. The number of nitrogens with one attached hydrogen (secondary N) is 1. The summed E-state index contributed by atoms with van der Waals surface area (Å²) in [6.07, 6.45) is 3.47. The van der Waals surface area contributed by atoms with Gasteiger partial charge in [0.15, 0.2) is 0 Å². The molecule has 17 heavy (non-hydrogen) atoms. The fraction of sp³-hybridized carbons (Fsp3) is 0.357. The zero-order valence-electron chi connectivity index (χ0n) is 9.79. The summed E-state index contributed by atoms with van der Waals surface area (Å²) >= 11 is 0. The van der Waals surface area contributed by atoms with Gasteiger partial charge in [-0.25, -0.2) is 4.79 Å². The van der Waals surface area contributed by atoms with Gasteiger partial charge >= 0.3 is 5.97 Å². The molecule has 0 saturated heterocycles. The third-order valence-electron chi connectivity index (χ3n) is 3.74. The molecule has 1 atom stereocenters. The van der Waals surface area contributed by atoms with Crippen molar-refractivity contribution in [3.8, 4) is 0 Å². The highest BCUT2D eigenvalue weighted by atomic mass is 16.4. The lowest BCUT2D eigenvalue weighted by atomic mass is 9.88. The number of aryl methyl sites for hydroxylation is 1. The number of aromatic amines is 1. The van der Waals surface area contributed by atoms with E-state index in [1.165, 1.54) is 24.1 Å². The second kappa shape index (κ2) is 3.62. The lowest BCUT2D eigenvalue weighted by Crippen LogP contribution is -2.05. The zero-order chi connectivity index (χ0) is 12.0. The number of hydrogen-bond acceptors (Lipinski definition) is 1. The van der Waals surface area contributed by atoms with E-state index in [-0.39, 0.29) is 0 Å². The maximum atomic E-state index is 11.0. The van der Waals surface area contributed by atoms with Gasteiger partial charge in [-0.05, 0) is 48.9 Å². The van der Waals surface area contributed by atoms with Gasteiger partial charge in [0.05, 0.1) is 5.56 Å². The van der Waals surface area contributed by atoms with Gasteiger partial charge in [-0.1, -0.05) is 6.92 Å². The molecule has 1 aromatic carbocycles. The normalized spacial score (nSPS) is 19.2. The summed E-state index contributed by atoms with van der Waals surface area (Å²) in [6, 6.07) is 5.34. The monoisotopic (exact) mass is 229 g/mol. The SMILES string of the molecule is CC1CCCc2c1[nH]c1ccc(C(=O)O)cc21. The molecule has 1 aromatic heterocycles. The quantitative estimate of drug-likeness (QED) is 0.788. The van der Waals surface area contributed by atoms with Crippen LogP contribution in [0.15, 0.2) is 18.2 Å². The smallest absolute Gasteiger partial charge is 0.335 e. The summed E-state index contributed by atoms with van der Waals surface area (Å²) < 4.78 is 0. The van der Waals surface area contributed by atoms with Gasteiger partial charge in [0.2, 0.25) is 0 Å². The maximum Gasteiger partial charge on any atom is 0.335 e. The molecule has 0 amide bonds. The molecule has 0 radical (unpaired) electrons. The van der Waals surface area contributed by atoms with Crippen LogP contribution in [0.5, 0.6) is 0 Å². The minimum Gasteiger partial charge on any atom is -0.478 e. The number of carbonyl (C=O) groups is 1. The number of rotatable bonds is 1. The van der Waals surface area contributed by atoms with Crippen LogP contribution in [-0.4, -0.2) is 16.1 Å². The lowest BCUT2D eigenvalue weighted by Gasteiger charge is -2.18. The van der Waals surface area contributed by atoms with Crippen molar-refractivity contribution < 1.29 is 9.90 Å². The molecule has 2 aromatic rings. The second-order valence-corrected chi connectivity index (χ2v) is 4.88. The van der Waals surface area contributed by atoms with Crippen LogP contribution in [0.1, 0.15) is 47.3 Å². The average Bonchev–Trinajstić information content (AvgIpc) is 2.68. The minimum absolute atomic E-state index is 0.373. The molecule has 1 unspecified atom stereocenters. The van der Waals surface area contributed by atoms with Crippen molar-refractivity contribution in [1.82, 2.24) is 4.98 Å². The standard InChI is InChI=1S/C14H15NO2/c1-8-3-2-4-10-11-7-9(14(16)17)5-6-12(11)15-13(8)10/h5-8,15H,2-4H2,1H3,(H,16,17). The summed E-state index contributed by atoms with van der Waals surface area (Å²) in [6.45, 7) is 2.23. The van der Waals surface area contributed by atoms with Gasteiger partial charge in [0.25, 0.3) is 0 Å². The van der Waals surface area contributed by atoms with Crippen molar-refractivity contribution in [1.29, 1.82) is 0 Å². The van der Waals surface area contributed by atoms with Crippen LogP contribution in [0.4, 0.5) is 0 Å². The highest BCUT2D eigenvalue weighted by molar-refractivity contribution is 5.95. The first-order chi connectivity index (χ1) is 8.16.